The zero-order chi connectivity index (χ0) is 21.3. The lowest BCUT2D eigenvalue weighted by molar-refractivity contribution is -1.00. The number of para-hydroxylation sites is 2. The topological polar surface area (TPSA) is 26.2 Å². The lowest BCUT2D eigenvalue weighted by atomic mass is 9.96. The van der Waals surface area contributed by atoms with Gasteiger partial charge in [-0.15, -0.1) is 0 Å². The number of aromatic nitrogens is 2. The van der Waals surface area contributed by atoms with Gasteiger partial charge in [-0.1, -0.05) is 72.8 Å². The Morgan fingerprint density at radius 2 is 1.18 bits per heavy atom. The first kappa shape index (κ1) is 24.2. The molecule has 1 saturated heterocycles. The van der Waals surface area contributed by atoms with Crippen molar-refractivity contribution in [3.8, 4) is 0 Å². The highest BCUT2D eigenvalue weighted by atomic mass is 35.5. The molecule has 2 N–H and O–H groups in total. The minimum atomic E-state index is 0. The average Bonchev–Trinajstić information content (AvgIpc) is 3.36. The van der Waals surface area contributed by atoms with Crippen LogP contribution in [-0.2, 0) is 0 Å². The van der Waals surface area contributed by atoms with Crippen molar-refractivity contribution < 1.29 is 34.6 Å². The number of piperazine rings is 1. The smallest absolute Gasteiger partial charge is 0.251 e. The van der Waals surface area contributed by atoms with Crippen LogP contribution in [0, 0.1) is 0 Å². The van der Waals surface area contributed by atoms with Crippen LogP contribution in [0.1, 0.15) is 17.2 Å². The number of benzene rings is 3. The second kappa shape index (κ2) is 10.6. The first-order chi connectivity index (χ1) is 15.9. The molecule has 0 amide bonds. The lowest BCUT2D eigenvalue weighted by Gasteiger charge is -2.34. The molecule has 2 aromatic heterocycles. The van der Waals surface area contributed by atoms with E-state index in [-0.39, 0.29) is 24.8 Å². The van der Waals surface area contributed by atoms with E-state index in [1.54, 1.807) is 4.90 Å². The highest BCUT2D eigenvalue weighted by molar-refractivity contribution is 5.82. The van der Waals surface area contributed by atoms with E-state index >= 15 is 0 Å². The van der Waals surface area contributed by atoms with E-state index in [1.165, 1.54) is 32.9 Å². The number of halogens is 2. The van der Waals surface area contributed by atoms with E-state index in [4.69, 9.17) is 4.98 Å². The molecule has 0 spiro atoms. The Hall–Kier alpha value is -2.89. The molecule has 34 heavy (non-hydrogen) atoms. The molecule has 1 aliphatic heterocycles. The van der Waals surface area contributed by atoms with Gasteiger partial charge < -0.3 is 34.1 Å². The summed E-state index contributed by atoms with van der Waals surface area (Å²) < 4.78 is 2.29. The van der Waals surface area contributed by atoms with Crippen LogP contribution >= 0.6 is 0 Å². The second-order valence-electron chi connectivity index (χ2n) is 8.73. The van der Waals surface area contributed by atoms with Crippen LogP contribution in [0.25, 0.3) is 16.6 Å². The van der Waals surface area contributed by atoms with Crippen LogP contribution in [-0.4, -0.2) is 35.6 Å². The van der Waals surface area contributed by atoms with Crippen molar-refractivity contribution in [1.29, 1.82) is 0 Å². The summed E-state index contributed by atoms with van der Waals surface area (Å²) >= 11 is 0. The van der Waals surface area contributed by atoms with Gasteiger partial charge in [-0.2, -0.15) is 4.98 Å². The van der Waals surface area contributed by atoms with Crippen LogP contribution in [0.15, 0.2) is 103 Å². The SMILES string of the molecule is [Cl-].[Cl-].c1ccc(C(c2ccccc2)[NH+]2CC[NH+](c3nc4ccccc4n4cccc34)CC2)cc1. The maximum Gasteiger partial charge on any atom is 0.251 e. The predicted octanol–water partition coefficient (Wildman–Crippen LogP) is -3.30. The van der Waals surface area contributed by atoms with Gasteiger partial charge in [0.25, 0.3) is 5.82 Å². The quantitative estimate of drug-likeness (QED) is 0.271. The Labute approximate surface area is 212 Å². The number of nitrogens with zero attached hydrogens (tertiary/aromatic N) is 2. The molecular weight excluding hydrogens is 463 g/mol. The van der Waals surface area contributed by atoms with Crippen LogP contribution in [0.3, 0.4) is 0 Å². The Kier molecular flexibility index (Phi) is 7.54. The molecule has 6 rings (SSSR count). The van der Waals surface area contributed by atoms with Gasteiger partial charge >= 0.3 is 0 Å². The summed E-state index contributed by atoms with van der Waals surface area (Å²) in [6, 6.07) is 35.1. The first-order valence-electron chi connectivity index (χ1n) is 11.5. The molecule has 0 atom stereocenters. The van der Waals surface area contributed by atoms with Gasteiger partial charge in [0.2, 0.25) is 0 Å². The highest BCUT2D eigenvalue weighted by Gasteiger charge is 2.33. The lowest BCUT2D eigenvalue weighted by Crippen LogP contribution is -3.26. The molecule has 0 radical (unpaired) electrons. The number of hydrogen-bond acceptors (Lipinski definition) is 1. The van der Waals surface area contributed by atoms with E-state index in [2.05, 4.69) is 108 Å². The molecule has 0 aliphatic carbocycles. The van der Waals surface area contributed by atoms with Crippen LogP contribution in [0.5, 0.6) is 0 Å². The fourth-order valence-electron chi connectivity index (χ4n) is 5.34. The van der Waals surface area contributed by atoms with E-state index in [9.17, 15) is 0 Å². The van der Waals surface area contributed by atoms with Gasteiger partial charge in [-0.3, -0.25) is 4.90 Å². The van der Waals surface area contributed by atoms with Crippen molar-refractivity contribution in [3.63, 3.8) is 0 Å². The van der Waals surface area contributed by atoms with Gasteiger partial charge in [-0.05, 0) is 24.3 Å². The van der Waals surface area contributed by atoms with Crippen molar-refractivity contribution in [1.82, 2.24) is 9.38 Å². The highest BCUT2D eigenvalue weighted by Crippen LogP contribution is 2.21. The van der Waals surface area contributed by atoms with Crippen molar-refractivity contribution in [3.05, 3.63) is 114 Å². The van der Waals surface area contributed by atoms with Gasteiger partial charge in [0, 0.05) is 17.3 Å². The van der Waals surface area contributed by atoms with Gasteiger partial charge in [-0.25, -0.2) is 0 Å². The standard InChI is InChI=1S/C28H26N4.2ClH/c1-3-10-22(11-4-1)27(23-12-5-2-6-13-23)30-18-20-31(21-19-30)28-26-16-9-17-32(26)25-15-8-7-14-24(25)29-28;;/h1-17,27H,18-21H2;2*1H. The molecule has 1 aliphatic rings. The largest absolute Gasteiger partial charge is 1.00 e. The molecule has 0 saturated carbocycles. The molecule has 1 fully saturated rings. The van der Waals surface area contributed by atoms with Crippen molar-refractivity contribution in [2.24, 2.45) is 0 Å². The molecule has 3 heterocycles. The summed E-state index contributed by atoms with van der Waals surface area (Å²) in [6.07, 6.45) is 2.16. The maximum absolute atomic E-state index is 5.12. The van der Waals surface area contributed by atoms with Gasteiger partial charge in [0.05, 0.1) is 11.0 Å². The molecule has 4 nitrogen and oxygen atoms in total. The molecule has 0 unspecified atom stereocenters. The Balaban J connectivity index is 0.00000137. The van der Waals surface area contributed by atoms with Crippen LogP contribution < -0.4 is 34.6 Å². The third-order valence-corrected chi connectivity index (χ3v) is 6.87. The van der Waals surface area contributed by atoms with E-state index in [0.717, 1.165) is 31.7 Å². The summed E-state index contributed by atoms with van der Waals surface area (Å²) in [4.78, 5) is 8.24. The monoisotopic (exact) mass is 490 g/mol. The zero-order valence-corrected chi connectivity index (χ0v) is 20.4. The molecule has 5 aromatic rings. The summed E-state index contributed by atoms with van der Waals surface area (Å²) in [6.45, 7) is 4.39. The van der Waals surface area contributed by atoms with E-state index < -0.39 is 0 Å². The second-order valence-corrected chi connectivity index (χ2v) is 8.73. The number of rotatable bonds is 4. The van der Waals surface area contributed by atoms with Gasteiger partial charge in [0.1, 0.15) is 37.7 Å². The fraction of sp³-hybridized carbons (Fsp3) is 0.179. The fourth-order valence-corrected chi connectivity index (χ4v) is 5.34. The molecular formula is C28H28Cl2N4. The maximum atomic E-state index is 5.12. The molecule has 0 bridgehead atoms. The van der Waals surface area contributed by atoms with E-state index in [0.29, 0.717) is 6.04 Å². The normalized spacial score (nSPS) is 17.9. The summed E-state index contributed by atoms with van der Waals surface area (Å²) in [5.74, 6) is 1.18. The first-order valence-corrected chi connectivity index (χ1v) is 11.5. The number of nitrogens with one attached hydrogen (secondary N) is 2. The molecule has 6 heteroatoms. The Bertz CT molecular complexity index is 1310. The van der Waals surface area contributed by atoms with Crippen molar-refractivity contribution in [2.45, 2.75) is 6.04 Å². The minimum Gasteiger partial charge on any atom is -1.00 e. The van der Waals surface area contributed by atoms with E-state index in [1.807, 2.05) is 0 Å². The van der Waals surface area contributed by atoms with Crippen molar-refractivity contribution >= 4 is 22.4 Å². The summed E-state index contributed by atoms with van der Waals surface area (Å²) in [7, 11) is 0. The zero-order valence-electron chi connectivity index (χ0n) is 18.9. The Morgan fingerprint density at radius 1 is 0.618 bits per heavy atom. The third-order valence-electron chi connectivity index (χ3n) is 6.87. The molecule has 174 valence electrons. The number of hydrogen-bond donors (Lipinski definition) is 2. The molecule has 3 aromatic carbocycles. The number of fused-ring (bicyclic) bond motifs is 3. The summed E-state index contributed by atoms with van der Waals surface area (Å²) in [5, 5.41) is 0. The van der Waals surface area contributed by atoms with Crippen molar-refractivity contribution in [2.75, 3.05) is 26.2 Å². The summed E-state index contributed by atoms with van der Waals surface area (Å²) in [5.41, 5.74) is 6.27. The Morgan fingerprint density at radius 3 is 1.82 bits per heavy atom. The van der Waals surface area contributed by atoms with Crippen LogP contribution in [0.4, 0.5) is 5.82 Å². The number of quaternary nitrogens is 2. The third kappa shape index (κ3) is 4.42. The predicted molar refractivity (Wildman–Crippen MR) is 128 cm³/mol. The average molecular weight is 491 g/mol. The van der Waals surface area contributed by atoms with Gasteiger partial charge in [0.15, 0.2) is 0 Å². The van der Waals surface area contributed by atoms with Crippen LogP contribution in [0.2, 0.25) is 0 Å². The minimum absolute atomic E-state index is 0.